The van der Waals surface area contributed by atoms with Gasteiger partial charge in [-0.1, -0.05) is 94.7 Å². The third-order valence-electron chi connectivity index (χ3n) is 7.95. The number of hydrogen-bond acceptors (Lipinski definition) is 5. The molecule has 5 heteroatoms. The highest BCUT2D eigenvalue weighted by Gasteiger charge is 2.31. The molecule has 216 valence electrons. The molecule has 0 unspecified atom stereocenters. The maximum atomic E-state index is 12.8. The summed E-state index contributed by atoms with van der Waals surface area (Å²) in [6.45, 7) is 4.62. The predicted molar refractivity (Wildman–Crippen MR) is 160 cm³/mol. The van der Waals surface area contributed by atoms with E-state index >= 15 is 0 Å². The molecular weight excluding hydrogens is 486 g/mol. The van der Waals surface area contributed by atoms with E-state index in [1.54, 1.807) is 7.11 Å². The minimum absolute atomic E-state index is 0.0782. The van der Waals surface area contributed by atoms with Crippen LogP contribution in [0.1, 0.15) is 88.7 Å². The molecule has 0 radical (unpaired) electrons. The summed E-state index contributed by atoms with van der Waals surface area (Å²) < 4.78 is 18.0. The number of hydrogen-bond donors (Lipinski definition) is 0. The number of carbonyl (C=O) groups is 1. The molecule has 0 saturated carbocycles. The Morgan fingerprint density at radius 2 is 1.46 bits per heavy atom. The van der Waals surface area contributed by atoms with Crippen molar-refractivity contribution in [2.75, 3.05) is 33.9 Å². The molecule has 5 nitrogen and oxygen atoms in total. The zero-order chi connectivity index (χ0) is 27.7. The van der Waals surface area contributed by atoms with Crippen LogP contribution in [0.5, 0.6) is 11.5 Å². The maximum absolute atomic E-state index is 12.8. The molecular formula is C34H51NO4. The lowest BCUT2D eigenvalue weighted by molar-refractivity contribution is -0.153. The molecule has 1 aliphatic rings. The molecule has 1 saturated heterocycles. The number of rotatable bonds is 19. The van der Waals surface area contributed by atoms with Crippen LogP contribution in [0.4, 0.5) is 0 Å². The zero-order valence-electron chi connectivity index (χ0n) is 24.7. The fourth-order valence-corrected chi connectivity index (χ4v) is 5.55. The van der Waals surface area contributed by atoms with Crippen molar-refractivity contribution < 1.29 is 19.0 Å². The van der Waals surface area contributed by atoms with E-state index in [1.807, 2.05) is 30.3 Å². The number of unbranched alkanes of at least 4 members (excludes halogenated alkanes) is 8. The highest BCUT2D eigenvalue weighted by molar-refractivity contribution is 5.69. The summed E-state index contributed by atoms with van der Waals surface area (Å²) in [5, 5.41) is 0. The van der Waals surface area contributed by atoms with Crippen molar-refractivity contribution in [1.29, 1.82) is 0 Å². The fraction of sp³-hybridized carbons (Fsp3) is 0.618. The number of likely N-dealkylation sites (tertiary alicyclic amines) is 1. The molecule has 1 fully saturated rings. The molecule has 2 aromatic carbocycles. The van der Waals surface area contributed by atoms with E-state index in [-0.39, 0.29) is 12.1 Å². The van der Waals surface area contributed by atoms with Gasteiger partial charge in [0.2, 0.25) is 0 Å². The molecule has 0 bridgehead atoms. The Bertz CT molecular complexity index is 962. The topological polar surface area (TPSA) is 48.0 Å². The first kappa shape index (κ1) is 31.0. The number of ether oxygens (including phenoxy) is 3. The summed E-state index contributed by atoms with van der Waals surface area (Å²) in [7, 11) is 3.85. The van der Waals surface area contributed by atoms with Crippen LogP contribution in [0.15, 0.2) is 48.5 Å². The number of nitrogens with zero attached hydrogens (tertiary/aromatic N) is 1. The van der Waals surface area contributed by atoms with Crippen molar-refractivity contribution in [3.05, 3.63) is 59.7 Å². The quantitative estimate of drug-likeness (QED) is 0.136. The van der Waals surface area contributed by atoms with Crippen LogP contribution in [0, 0.1) is 5.92 Å². The fourth-order valence-electron chi connectivity index (χ4n) is 5.55. The Hall–Kier alpha value is -2.53. The standard InChI is InChI=1S/C34H51NO4/c1-4-5-6-7-8-9-10-11-12-21-34(36)39-33(30-24-25-35(2)26-30)27-38-32-20-16-14-18-29(32)23-22-28-17-13-15-19-31(28)37-3/h13-20,30,33H,4-12,21-27H2,1-3H3/t30-,33+/m1/s1. The summed E-state index contributed by atoms with van der Waals surface area (Å²) in [6, 6.07) is 16.4. The van der Waals surface area contributed by atoms with Gasteiger partial charge in [0, 0.05) is 18.9 Å². The Balaban J connectivity index is 1.48. The molecule has 0 amide bonds. The van der Waals surface area contributed by atoms with Gasteiger partial charge in [-0.05, 0) is 62.5 Å². The van der Waals surface area contributed by atoms with E-state index < -0.39 is 0 Å². The van der Waals surface area contributed by atoms with Crippen LogP contribution in [0.2, 0.25) is 0 Å². The van der Waals surface area contributed by atoms with E-state index in [1.165, 1.54) is 50.5 Å². The monoisotopic (exact) mass is 537 g/mol. The molecule has 2 atom stereocenters. The van der Waals surface area contributed by atoms with Gasteiger partial charge in [-0.15, -0.1) is 0 Å². The van der Waals surface area contributed by atoms with Crippen LogP contribution >= 0.6 is 0 Å². The molecule has 3 rings (SSSR count). The second-order valence-corrected chi connectivity index (χ2v) is 11.1. The van der Waals surface area contributed by atoms with Gasteiger partial charge in [-0.3, -0.25) is 4.79 Å². The summed E-state index contributed by atoms with van der Waals surface area (Å²) in [5.41, 5.74) is 2.35. The van der Waals surface area contributed by atoms with Crippen LogP contribution in [0.3, 0.4) is 0 Å². The van der Waals surface area contributed by atoms with Gasteiger partial charge >= 0.3 is 5.97 Å². The lowest BCUT2D eigenvalue weighted by Crippen LogP contribution is -2.34. The summed E-state index contributed by atoms with van der Waals surface area (Å²) in [6.07, 6.45) is 14.2. The first-order chi connectivity index (χ1) is 19.1. The third-order valence-corrected chi connectivity index (χ3v) is 7.95. The second kappa shape index (κ2) is 17.9. The number of benzene rings is 2. The number of methoxy groups -OCH3 is 1. The predicted octanol–water partition coefficient (Wildman–Crippen LogP) is 7.64. The SMILES string of the molecule is CCCCCCCCCCCC(=O)O[C@@H](COc1ccccc1CCc1ccccc1OC)[C@@H]1CCN(C)C1. The molecule has 0 N–H and O–H groups in total. The van der Waals surface area contributed by atoms with E-state index in [4.69, 9.17) is 14.2 Å². The number of carbonyl (C=O) groups excluding carboxylic acids is 1. The number of para-hydroxylation sites is 2. The lowest BCUT2D eigenvalue weighted by atomic mass is 10.0. The van der Waals surface area contributed by atoms with Gasteiger partial charge in [-0.2, -0.15) is 0 Å². The van der Waals surface area contributed by atoms with E-state index in [0.29, 0.717) is 18.9 Å². The van der Waals surface area contributed by atoms with Crippen molar-refractivity contribution in [2.45, 2.75) is 96.5 Å². The van der Waals surface area contributed by atoms with Crippen LogP contribution in [-0.2, 0) is 22.4 Å². The molecule has 0 aliphatic carbocycles. The van der Waals surface area contributed by atoms with E-state index in [9.17, 15) is 4.79 Å². The minimum Gasteiger partial charge on any atom is -0.496 e. The third kappa shape index (κ3) is 11.2. The summed E-state index contributed by atoms with van der Waals surface area (Å²) in [4.78, 5) is 15.1. The van der Waals surface area contributed by atoms with E-state index in [2.05, 4.69) is 37.1 Å². The first-order valence-corrected chi connectivity index (χ1v) is 15.3. The number of aryl methyl sites for hydroxylation is 2. The van der Waals surface area contributed by atoms with Crippen LogP contribution in [-0.4, -0.2) is 50.8 Å². The average Bonchev–Trinajstić information content (AvgIpc) is 3.39. The smallest absolute Gasteiger partial charge is 0.306 e. The average molecular weight is 538 g/mol. The van der Waals surface area contributed by atoms with Crippen molar-refractivity contribution in [1.82, 2.24) is 4.90 Å². The van der Waals surface area contributed by atoms with Gasteiger partial charge in [0.05, 0.1) is 7.11 Å². The van der Waals surface area contributed by atoms with Crippen molar-refractivity contribution >= 4 is 5.97 Å². The first-order valence-electron chi connectivity index (χ1n) is 15.3. The molecule has 0 aromatic heterocycles. The molecule has 39 heavy (non-hydrogen) atoms. The zero-order valence-corrected chi connectivity index (χ0v) is 24.7. The van der Waals surface area contributed by atoms with Crippen molar-refractivity contribution in [3.63, 3.8) is 0 Å². The molecule has 2 aromatic rings. The van der Waals surface area contributed by atoms with Gasteiger partial charge < -0.3 is 19.1 Å². The van der Waals surface area contributed by atoms with Crippen LogP contribution < -0.4 is 9.47 Å². The molecule has 1 aliphatic heterocycles. The summed E-state index contributed by atoms with van der Waals surface area (Å²) >= 11 is 0. The molecule has 1 heterocycles. The molecule has 0 spiro atoms. The van der Waals surface area contributed by atoms with Gasteiger partial charge in [0.15, 0.2) is 0 Å². The maximum Gasteiger partial charge on any atom is 0.306 e. The van der Waals surface area contributed by atoms with Gasteiger partial charge in [0.1, 0.15) is 24.2 Å². The Labute approximate surface area is 237 Å². The number of esters is 1. The Morgan fingerprint density at radius 1 is 0.872 bits per heavy atom. The van der Waals surface area contributed by atoms with E-state index in [0.717, 1.165) is 62.3 Å². The Morgan fingerprint density at radius 3 is 2.08 bits per heavy atom. The normalized spacial score (nSPS) is 16.2. The van der Waals surface area contributed by atoms with Crippen molar-refractivity contribution in [3.8, 4) is 11.5 Å². The summed E-state index contributed by atoms with van der Waals surface area (Å²) in [5.74, 6) is 2.02. The van der Waals surface area contributed by atoms with Gasteiger partial charge in [0.25, 0.3) is 0 Å². The lowest BCUT2D eigenvalue weighted by Gasteiger charge is -2.25. The Kier molecular flexibility index (Phi) is 14.3. The second-order valence-electron chi connectivity index (χ2n) is 11.1. The van der Waals surface area contributed by atoms with Gasteiger partial charge in [-0.25, -0.2) is 0 Å². The van der Waals surface area contributed by atoms with Crippen LogP contribution in [0.25, 0.3) is 0 Å². The largest absolute Gasteiger partial charge is 0.496 e. The highest BCUT2D eigenvalue weighted by atomic mass is 16.6. The van der Waals surface area contributed by atoms with Crippen molar-refractivity contribution in [2.24, 2.45) is 5.92 Å². The minimum atomic E-state index is -0.219. The highest BCUT2D eigenvalue weighted by Crippen LogP contribution is 2.26.